The van der Waals surface area contributed by atoms with Crippen LogP contribution in [0.3, 0.4) is 0 Å². The molecule has 0 radical (unpaired) electrons. The maximum Gasteiger partial charge on any atom is 0.360 e. The summed E-state index contributed by atoms with van der Waals surface area (Å²) in [5.41, 5.74) is -1.03. The zero-order valence-electron chi connectivity index (χ0n) is 13.7. The number of benzene rings is 1. The summed E-state index contributed by atoms with van der Waals surface area (Å²) in [6, 6.07) is 3.96. The van der Waals surface area contributed by atoms with E-state index in [1.165, 1.54) is 25.2 Å². The Hall–Kier alpha value is -2.95. The Morgan fingerprint density at radius 2 is 1.92 bits per heavy atom. The number of carbonyl (C=O) groups is 2. The highest BCUT2D eigenvalue weighted by atomic mass is 32.2. The predicted molar refractivity (Wildman–Crippen MR) is 85.7 cm³/mol. The third-order valence-corrected chi connectivity index (χ3v) is 4.76. The van der Waals surface area contributed by atoms with E-state index in [9.17, 15) is 22.8 Å². The van der Waals surface area contributed by atoms with Gasteiger partial charge in [-0.05, 0) is 12.1 Å². The monoisotopic (exact) mass is 368 g/mol. The first-order chi connectivity index (χ1) is 11.7. The van der Waals surface area contributed by atoms with Crippen LogP contribution >= 0.6 is 0 Å². The molecule has 0 aliphatic carbocycles. The summed E-state index contributed by atoms with van der Waals surface area (Å²) in [5.74, 6) is -0.566. The molecule has 25 heavy (non-hydrogen) atoms. The van der Waals surface area contributed by atoms with Crippen molar-refractivity contribution in [1.29, 1.82) is 0 Å². The van der Waals surface area contributed by atoms with Gasteiger partial charge in [-0.3, -0.25) is 4.57 Å². The van der Waals surface area contributed by atoms with Crippen LogP contribution < -0.4 is 10.4 Å². The minimum Gasteiger partial charge on any atom is -0.465 e. The standard InChI is InChI=1S/C14H16N4O6S/c1-4-11-15-18(14(21)17(11)2)13(20)16-25(22,23)10-8-6-5-7-9(10)12(19)24-3/h5-8H,4H2,1-3H3,(H,16,20). The quantitative estimate of drug-likeness (QED) is 0.745. The van der Waals surface area contributed by atoms with Gasteiger partial charge in [0.2, 0.25) is 0 Å². The maximum atomic E-state index is 12.4. The molecule has 0 aliphatic rings. The predicted octanol–water partition coefficient (Wildman–Crippen LogP) is -0.123. The van der Waals surface area contributed by atoms with Crippen LogP contribution in [0.25, 0.3) is 0 Å². The minimum absolute atomic E-state index is 0.243. The Balaban J connectivity index is 2.42. The second kappa shape index (κ2) is 6.89. The topological polar surface area (TPSA) is 129 Å². The molecule has 2 rings (SSSR count). The third-order valence-electron chi connectivity index (χ3n) is 3.38. The maximum absolute atomic E-state index is 12.4. The zero-order valence-corrected chi connectivity index (χ0v) is 14.5. The molecule has 1 aromatic carbocycles. The average Bonchev–Trinajstić information content (AvgIpc) is 2.88. The van der Waals surface area contributed by atoms with Crippen LogP contribution in [0.2, 0.25) is 0 Å². The number of hydrogen-bond acceptors (Lipinski definition) is 7. The molecule has 10 nitrogen and oxygen atoms in total. The Morgan fingerprint density at radius 1 is 1.28 bits per heavy atom. The number of esters is 1. The molecule has 0 aliphatic heterocycles. The van der Waals surface area contributed by atoms with Crippen molar-refractivity contribution in [2.45, 2.75) is 18.2 Å². The Bertz CT molecular complexity index is 989. The molecule has 11 heteroatoms. The van der Waals surface area contributed by atoms with E-state index >= 15 is 0 Å². The van der Waals surface area contributed by atoms with Crippen molar-refractivity contribution in [3.63, 3.8) is 0 Å². The van der Waals surface area contributed by atoms with Gasteiger partial charge >= 0.3 is 17.7 Å². The molecule has 1 aromatic heterocycles. The first-order valence-corrected chi connectivity index (χ1v) is 8.60. The molecular weight excluding hydrogens is 352 g/mol. The highest BCUT2D eigenvalue weighted by Crippen LogP contribution is 2.16. The number of nitrogens with zero attached hydrogens (tertiary/aromatic N) is 3. The van der Waals surface area contributed by atoms with Crippen molar-refractivity contribution in [3.05, 3.63) is 46.1 Å². The molecule has 2 aromatic rings. The number of rotatable bonds is 4. The van der Waals surface area contributed by atoms with Crippen LogP contribution in [-0.2, 0) is 28.2 Å². The highest BCUT2D eigenvalue weighted by molar-refractivity contribution is 7.90. The number of ether oxygens (including phenoxy) is 1. The third kappa shape index (κ3) is 3.45. The van der Waals surface area contributed by atoms with Gasteiger partial charge in [0.1, 0.15) is 10.7 Å². The summed E-state index contributed by atoms with van der Waals surface area (Å²) in [6.07, 6.45) is 0.379. The van der Waals surface area contributed by atoms with E-state index in [0.717, 1.165) is 17.7 Å². The summed E-state index contributed by atoms with van der Waals surface area (Å²) < 4.78 is 32.7. The van der Waals surface area contributed by atoms with E-state index in [4.69, 9.17) is 0 Å². The molecule has 0 bridgehead atoms. The second-order valence-electron chi connectivity index (χ2n) is 4.92. The average molecular weight is 368 g/mol. The summed E-state index contributed by atoms with van der Waals surface area (Å²) in [4.78, 5) is 35.4. The molecule has 0 saturated heterocycles. The van der Waals surface area contributed by atoms with Crippen LogP contribution in [0.15, 0.2) is 34.0 Å². The van der Waals surface area contributed by atoms with Gasteiger partial charge in [0, 0.05) is 13.5 Å². The van der Waals surface area contributed by atoms with Gasteiger partial charge in [-0.1, -0.05) is 19.1 Å². The summed E-state index contributed by atoms with van der Waals surface area (Å²) in [7, 11) is -1.91. The molecule has 134 valence electrons. The van der Waals surface area contributed by atoms with E-state index in [1.807, 2.05) is 0 Å². The van der Waals surface area contributed by atoms with Crippen molar-refractivity contribution in [3.8, 4) is 0 Å². The lowest BCUT2D eigenvalue weighted by atomic mass is 10.2. The zero-order chi connectivity index (χ0) is 18.8. The summed E-state index contributed by atoms with van der Waals surface area (Å²) in [6.45, 7) is 1.73. The number of aryl methyl sites for hydroxylation is 1. The molecular formula is C14H16N4O6S. The molecule has 0 saturated carbocycles. The fourth-order valence-electron chi connectivity index (χ4n) is 2.11. The molecule has 0 fully saturated rings. The lowest BCUT2D eigenvalue weighted by Gasteiger charge is -2.09. The van der Waals surface area contributed by atoms with Crippen LogP contribution in [0, 0.1) is 0 Å². The smallest absolute Gasteiger partial charge is 0.360 e. The molecule has 0 spiro atoms. The fourth-order valence-corrected chi connectivity index (χ4v) is 3.24. The van der Waals surface area contributed by atoms with Crippen LogP contribution in [0.1, 0.15) is 23.1 Å². The van der Waals surface area contributed by atoms with Gasteiger partial charge in [-0.2, -0.15) is 0 Å². The highest BCUT2D eigenvalue weighted by Gasteiger charge is 2.26. The summed E-state index contributed by atoms with van der Waals surface area (Å²) >= 11 is 0. The Morgan fingerprint density at radius 3 is 2.48 bits per heavy atom. The van der Waals surface area contributed by atoms with E-state index in [2.05, 4.69) is 9.84 Å². The molecule has 0 unspecified atom stereocenters. The SMILES string of the molecule is CCc1nn(C(=O)NS(=O)(=O)c2ccccc2C(=O)OC)c(=O)n1C. The van der Waals surface area contributed by atoms with Crippen LogP contribution in [-0.4, -0.2) is 41.9 Å². The molecule has 1 N–H and O–H groups in total. The lowest BCUT2D eigenvalue weighted by Crippen LogP contribution is -2.40. The van der Waals surface area contributed by atoms with Crippen molar-refractivity contribution >= 4 is 22.0 Å². The number of methoxy groups -OCH3 is 1. The Kier molecular flexibility index (Phi) is 5.07. The van der Waals surface area contributed by atoms with Crippen LogP contribution in [0.4, 0.5) is 4.79 Å². The number of aromatic nitrogens is 3. The van der Waals surface area contributed by atoms with E-state index < -0.39 is 32.6 Å². The normalized spacial score (nSPS) is 11.2. The number of hydrogen-bond donors (Lipinski definition) is 1. The van der Waals surface area contributed by atoms with E-state index in [-0.39, 0.29) is 5.56 Å². The number of sulfonamides is 1. The first-order valence-electron chi connectivity index (χ1n) is 7.12. The molecule has 1 amide bonds. The van der Waals surface area contributed by atoms with Crippen molar-refractivity contribution in [2.75, 3.05) is 7.11 Å². The summed E-state index contributed by atoms with van der Waals surface area (Å²) in [5, 5.41) is 3.78. The van der Waals surface area contributed by atoms with Crippen LogP contribution in [0.5, 0.6) is 0 Å². The van der Waals surface area contributed by atoms with Crippen molar-refractivity contribution in [2.24, 2.45) is 7.05 Å². The van der Waals surface area contributed by atoms with Crippen molar-refractivity contribution < 1.29 is 22.7 Å². The van der Waals surface area contributed by atoms with Gasteiger partial charge in [0.05, 0.1) is 12.7 Å². The second-order valence-corrected chi connectivity index (χ2v) is 6.57. The van der Waals surface area contributed by atoms with Gasteiger partial charge in [0.25, 0.3) is 10.0 Å². The minimum atomic E-state index is -4.43. The lowest BCUT2D eigenvalue weighted by molar-refractivity contribution is 0.0596. The number of nitrogens with one attached hydrogen (secondary N) is 1. The molecule has 1 heterocycles. The number of carbonyl (C=O) groups excluding carboxylic acids is 2. The van der Waals surface area contributed by atoms with E-state index in [1.54, 1.807) is 11.6 Å². The van der Waals surface area contributed by atoms with Gasteiger partial charge < -0.3 is 4.74 Å². The Labute approximate surface area is 143 Å². The molecule has 0 atom stereocenters. The van der Waals surface area contributed by atoms with Gasteiger partial charge in [-0.15, -0.1) is 9.78 Å². The first kappa shape index (κ1) is 18.4. The van der Waals surface area contributed by atoms with Gasteiger partial charge in [-0.25, -0.2) is 27.5 Å². The van der Waals surface area contributed by atoms with Gasteiger partial charge in [0.15, 0.2) is 0 Å². The van der Waals surface area contributed by atoms with E-state index in [0.29, 0.717) is 16.9 Å². The largest absolute Gasteiger partial charge is 0.465 e. The van der Waals surface area contributed by atoms with Crippen molar-refractivity contribution in [1.82, 2.24) is 19.1 Å². The number of amides is 1. The fraction of sp³-hybridized carbons (Fsp3) is 0.286.